The van der Waals surface area contributed by atoms with E-state index < -0.39 is 5.97 Å². The summed E-state index contributed by atoms with van der Waals surface area (Å²) in [7, 11) is 0. The lowest BCUT2D eigenvalue weighted by molar-refractivity contribution is 0.0696. The summed E-state index contributed by atoms with van der Waals surface area (Å²) in [6, 6.07) is 3.05. The van der Waals surface area contributed by atoms with Gasteiger partial charge in [0.05, 0.1) is 18.8 Å². The number of carboxylic acids is 1. The standard InChI is InChI=1S/C13H18N2O3/c1-3-4-6-18-7-5-14-12-9-11(13(16)17)8-10(2)15-12/h3,8-9H,1,4-7H2,2H3,(H,14,15)(H,16,17). The maximum atomic E-state index is 10.9. The SMILES string of the molecule is C=CCCOCCNc1cc(C(=O)O)cc(C)n1. The summed E-state index contributed by atoms with van der Waals surface area (Å²) in [6.07, 6.45) is 2.63. The van der Waals surface area contributed by atoms with Crippen LogP contribution in [0.3, 0.4) is 0 Å². The van der Waals surface area contributed by atoms with E-state index in [1.54, 1.807) is 13.0 Å². The molecule has 98 valence electrons. The second-order valence-electron chi connectivity index (χ2n) is 3.80. The van der Waals surface area contributed by atoms with Gasteiger partial charge in [-0.3, -0.25) is 0 Å². The lowest BCUT2D eigenvalue weighted by atomic mass is 10.2. The molecule has 1 rings (SSSR count). The molecule has 0 aliphatic heterocycles. The van der Waals surface area contributed by atoms with Crippen molar-refractivity contribution in [3.8, 4) is 0 Å². The number of nitrogens with one attached hydrogen (secondary N) is 1. The number of anilines is 1. The predicted octanol–water partition coefficient (Wildman–Crippen LogP) is 2.09. The molecular formula is C13H18N2O3. The third-order valence-electron chi connectivity index (χ3n) is 2.22. The summed E-state index contributed by atoms with van der Waals surface area (Å²) in [5.74, 6) is -0.398. The van der Waals surface area contributed by atoms with Crippen molar-refractivity contribution >= 4 is 11.8 Å². The zero-order valence-corrected chi connectivity index (χ0v) is 10.5. The van der Waals surface area contributed by atoms with Gasteiger partial charge in [-0.05, 0) is 25.5 Å². The van der Waals surface area contributed by atoms with Crippen molar-refractivity contribution < 1.29 is 14.6 Å². The van der Waals surface area contributed by atoms with Crippen molar-refractivity contribution in [1.82, 2.24) is 4.98 Å². The van der Waals surface area contributed by atoms with Crippen LogP contribution in [0.15, 0.2) is 24.8 Å². The van der Waals surface area contributed by atoms with Gasteiger partial charge in [0.25, 0.3) is 0 Å². The van der Waals surface area contributed by atoms with E-state index in [0.717, 1.165) is 6.42 Å². The van der Waals surface area contributed by atoms with E-state index in [0.29, 0.717) is 31.3 Å². The molecule has 0 aliphatic rings. The molecule has 0 saturated carbocycles. The van der Waals surface area contributed by atoms with Gasteiger partial charge in [-0.25, -0.2) is 9.78 Å². The highest BCUT2D eigenvalue weighted by molar-refractivity contribution is 5.88. The van der Waals surface area contributed by atoms with Gasteiger partial charge in [0.15, 0.2) is 0 Å². The molecule has 0 fully saturated rings. The molecule has 0 unspecified atom stereocenters. The molecule has 1 aromatic heterocycles. The minimum Gasteiger partial charge on any atom is -0.478 e. The molecule has 0 spiro atoms. The molecule has 0 aliphatic carbocycles. The van der Waals surface area contributed by atoms with Crippen LogP contribution in [0, 0.1) is 6.92 Å². The molecule has 1 heterocycles. The van der Waals surface area contributed by atoms with Crippen molar-refractivity contribution in [2.75, 3.05) is 25.1 Å². The maximum absolute atomic E-state index is 10.9. The molecule has 18 heavy (non-hydrogen) atoms. The zero-order chi connectivity index (χ0) is 13.4. The molecular weight excluding hydrogens is 232 g/mol. The first kappa shape index (κ1) is 14.2. The Bertz CT molecular complexity index is 419. The number of aryl methyl sites for hydroxylation is 1. The second-order valence-corrected chi connectivity index (χ2v) is 3.80. The highest BCUT2D eigenvalue weighted by atomic mass is 16.5. The zero-order valence-electron chi connectivity index (χ0n) is 10.5. The number of aromatic nitrogens is 1. The normalized spacial score (nSPS) is 10.1. The van der Waals surface area contributed by atoms with Crippen LogP contribution in [0.4, 0.5) is 5.82 Å². The Morgan fingerprint density at radius 1 is 1.56 bits per heavy atom. The summed E-state index contributed by atoms with van der Waals surface area (Å²) < 4.78 is 5.33. The van der Waals surface area contributed by atoms with E-state index in [2.05, 4.69) is 16.9 Å². The van der Waals surface area contributed by atoms with Gasteiger partial charge in [-0.1, -0.05) is 6.08 Å². The Morgan fingerprint density at radius 3 is 3.00 bits per heavy atom. The van der Waals surface area contributed by atoms with Crippen LogP contribution in [0.2, 0.25) is 0 Å². The molecule has 0 radical (unpaired) electrons. The summed E-state index contributed by atoms with van der Waals surface area (Å²) in [4.78, 5) is 15.1. The molecule has 0 aromatic carbocycles. The fourth-order valence-corrected chi connectivity index (χ4v) is 1.40. The number of aromatic carboxylic acids is 1. The summed E-state index contributed by atoms with van der Waals surface area (Å²) in [5.41, 5.74) is 0.905. The average Bonchev–Trinajstić information content (AvgIpc) is 2.33. The van der Waals surface area contributed by atoms with Crippen molar-refractivity contribution in [3.05, 3.63) is 36.0 Å². The van der Waals surface area contributed by atoms with Gasteiger partial charge in [0, 0.05) is 12.2 Å². The Labute approximate surface area is 107 Å². The highest BCUT2D eigenvalue weighted by Crippen LogP contribution is 2.09. The molecule has 0 amide bonds. The van der Waals surface area contributed by atoms with Crippen LogP contribution < -0.4 is 5.32 Å². The van der Waals surface area contributed by atoms with Crippen LogP contribution in [0.5, 0.6) is 0 Å². The van der Waals surface area contributed by atoms with Crippen LogP contribution in [-0.2, 0) is 4.74 Å². The number of pyridine rings is 1. The van der Waals surface area contributed by atoms with Gasteiger partial charge in [0.1, 0.15) is 5.82 Å². The monoisotopic (exact) mass is 250 g/mol. The number of hydrogen-bond donors (Lipinski definition) is 2. The number of nitrogens with zero attached hydrogens (tertiary/aromatic N) is 1. The van der Waals surface area contributed by atoms with E-state index >= 15 is 0 Å². The van der Waals surface area contributed by atoms with Crippen molar-refractivity contribution in [2.45, 2.75) is 13.3 Å². The molecule has 0 bridgehead atoms. The van der Waals surface area contributed by atoms with Gasteiger partial charge >= 0.3 is 5.97 Å². The first-order chi connectivity index (χ1) is 8.63. The quantitative estimate of drug-likeness (QED) is 0.546. The molecule has 0 saturated heterocycles. The second kappa shape index (κ2) is 7.45. The van der Waals surface area contributed by atoms with Gasteiger partial charge in [-0.2, -0.15) is 0 Å². The van der Waals surface area contributed by atoms with Gasteiger partial charge < -0.3 is 15.2 Å². The third-order valence-corrected chi connectivity index (χ3v) is 2.22. The summed E-state index contributed by atoms with van der Waals surface area (Å²) >= 11 is 0. The van der Waals surface area contributed by atoms with Crippen LogP contribution in [0.1, 0.15) is 22.5 Å². The number of carboxylic acid groups (broad SMARTS) is 1. The topological polar surface area (TPSA) is 71.5 Å². The highest BCUT2D eigenvalue weighted by Gasteiger charge is 2.05. The first-order valence-electron chi connectivity index (χ1n) is 5.78. The van der Waals surface area contributed by atoms with Crippen molar-refractivity contribution in [1.29, 1.82) is 0 Å². The van der Waals surface area contributed by atoms with E-state index in [9.17, 15) is 4.79 Å². The smallest absolute Gasteiger partial charge is 0.335 e. The number of carbonyl (C=O) groups is 1. The Hall–Kier alpha value is -1.88. The number of ether oxygens (including phenoxy) is 1. The lowest BCUT2D eigenvalue weighted by Crippen LogP contribution is -2.12. The predicted molar refractivity (Wildman–Crippen MR) is 70.1 cm³/mol. The van der Waals surface area contributed by atoms with E-state index in [1.807, 2.05) is 0 Å². The fourth-order valence-electron chi connectivity index (χ4n) is 1.40. The Balaban J connectivity index is 2.42. The molecule has 2 N–H and O–H groups in total. The van der Waals surface area contributed by atoms with Crippen LogP contribution >= 0.6 is 0 Å². The van der Waals surface area contributed by atoms with Crippen LogP contribution in [-0.4, -0.2) is 35.8 Å². The number of rotatable bonds is 8. The minimum atomic E-state index is -0.953. The van der Waals surface area contributed by atoms with E-state index in [4.69, 9.17) is 9.84 Å². The summed E-state index contributed by atoms with van der Waals surface area (Å²) in [5, 5.41) is 11.9. The Morgan fingerprint density at radius 2 is 2.33 bits per heavy atom. The van der Waals surface area contributed by atoms with E-state index in [1.165, 1.54) is 12.1 Å². The fraction of sp³-hybridized carbons (Fsp3) is 0.385. The summed E-state index contributed by atoms with van der Waals surface area (Å²) in [6.45, 7) is 7.15. The van der Waals surface area contributed by atoms with Gasteiger partial charge in [-0.15, -0.1) is 6.58 Å². The maximum Gasteiger partial charge on any atom is 0.335 e. The first-order valence-corrected chi connectivity index (χ1v) is 5.78. The van der Waals surface area contributed by atoms with Crippen LogP contribution in [0.25, 0.3) is 0 Å². The Kier molecular flexibility index (Phi) is 5.87. The van der Waals surface area contributed by atoms with Crippen molar-refractivity contribution in [3.63, 3.8) is 0 Å². The lowest BCUT2D eigenvalue weighted by Gasteiger charge is -2.08. The largest absolute Gasteiger partial charge is 0.478 e. The molecule has 0 atom stereocenters. The minimum absolute atomic E-state index is 0.234. The third kappa shape index (κ3) is 4.97. The molecule has 5 heteroatoms. The average molecular weight is 250 g/mol. The molecule has 1 aromatic rings. The van der Waals surface area contributed by atoms with Gasteiger partial charge in [0.2, 0.25) is 0 Å². The van der Waals surface area contributed by atoms with E-state index in [-0.39, 0.29) is 5.56 Å². The molecule has 5 nitrogen and oxygen atoms in total. The number of hydrogen-bond acceptors (Lipinski definition) is 4. The van der Waals surface area contributed by atoms with Crippen molar-refractivity contribution in [2.24, 2.45) is 0 Å².